The number of esters is 1. The number of nitrogens with zero attached hydrogens (tertiary/aromatic N) is 1. The highest BCUT2D eigenvalue weighted by Crippen LogP contribution is 2.36. The van der Waals surface area contributed by atoms with Crippen LogP contribution in [0.5, 0.6) is 5.75 Å². The molecule has 0 aliphatic heterocycles. The molecule has 0 N–H and O–H groups in total. The first-order valence-corrected chi connectivity index (χ1v) is 8.42. The molecule has 0 radical (unpaired) electrons. The molecule has 0 fully saturated rings. The molecule has 0 bridgehead atoms. The molecule has 1 aliphatic rings. The molecule has 1 unspecified atom stereocenters. The number of hydrogen-bond donors (Lipinski definition) is 0. The predicted molar refractivity (Wildman–Crippen MR) is 90.4 cm³/mol. The Morgan fingerprint density at radius 1 is 1.27 bits per heavy atom. The highest BCUT2D eigenvalue weighted by atomic mass is 16.5. The Kier molecular flexibility index (Phi) is 5.28. The van der Waals surface area contributed by atoms with E-state index in [0.717, 1.165) is 26.1 Å². The van der Waals surface area contributed by atoms with Crippen LogP contribution in [0.3, 0.4) is 0 Å². The van der Waals surface area contributed by atoms with E-state index in [0.29, 0.717) is 11.7 Å². The Labute approximate surface area is 134 Å². The van der Waals surface area contributed by atoms with E-state index >= 15 is 0 Å². The molecule has 0 aromatic heterocycles. The highest BCUT2D eigenvalue weighted by Gasteiger charge is 2.27. The second-order valence-corrected chi connectivity index (χ2v) is 7.22. The zero-order valence-electron chi connectivity index (χ0n) is 14.6. The SMILES string of the molecule is CCN(CC)CC1CCc2ccc(OC(=O)C(C)(C)C)cc21. The number of ether oxygens (including phenoxy) is 1. The Hall–Kier alpha value is -1.35. The van der Waals surface area contributed by atoms with Crippen LogP contribution in [-0.4, -0.2) is 30.5 Å². The fourth-order valence-corrected chi connectivity index (χ4v) is 2.97. The van der Waals surface area contributed by atoms with Gasteiger partial charge in [0, 0.05) is 6.54 Å². The molecule has 0 amide bonds. The van der Waals surface area contributed by atoms with Crippen molar-refractivity contribution in [3.63, 3.8) is 0 Å². The van der Waals surface area contributed by atoms with Crippen LogP contribution in [0.25, 0.3) is 0 Å². The maximum absolute atomic E-state index is 12.1. The van der Waals surface area contributed by atoms with E-state index in [1.807, 2.05) is 26.8 Å². The molecular weight excluding hydrogens is 274 g/mol. The van der Waals surface area contributed by atoms with Gasteiger partial charge in [-0.2, -0.15) is 0 Å². The molecule has 1 atom stereocenters. The summed E-state index contributed by atoms with van der Waals surface area (Å²) in [6, 6.07) is 6.14. The number of benzene rings is 1. The minimum atomic E-state index is -0.473. The normalized spacial score (nSPS) is 17.6. The second-order valence-electron chi connectivity index (χ2n) is 7.22. The lowest BCUT2D eigenvalue weighted by molar-refractivity contribution is -0.143. The third-order valence-electron chi connectivity index (χ3n) is 4.52. The fourth-order valence-electron chi connectivity index (χ4n) is 2.97. The topological polar surface area (TPSA) is 29.5 Å². The molecular formula is C19H29NO2. The van der Waals surface area contributed by atoms with Gasteiger partial charge in [-0.1, -0.05) is 19.9 Å². The summed E-state index contributed by atoms with van der Waals surface area (Å²) in [5.41, 5.74) is 2.30. The zero-order valence-corrected chi connectivity index (χ0v) is 14.6. The van der Waals surface area contributed by atoms with Gasteiger partial charge >= 0.3 is 5.97 Å². The molecule has 0 saturated heterocycles. The third-order valence-corrected chi connectivity index (χ3v) is 4.52. The quantitative estimate of drug-likeness (QED) is 0.608. The number of hydrogen-bond acceptors (Lipinski definition) is 3. The van der Waals surface area contributed by atoms with E-state index in [1.165, 1.54) is 17.5 Å². The van der Waals surface area contributed by atoms with Crippen molar-refractivity contribution in [3.8, 4) is 5.75 Å². The fraction of sp³-hybridized carbons (Fsp3) is 0.632. The van der Waals surface area contributed by atoms with Crippen molar-refractivity contribution in [2.24, 2.45) is 5.41 Å². The first-order chi connectivity index (χ1) is 10.3. The molecule has 3 nitrogen and oxygen atoms in total. The van der Waals surface area contributed by atoms with Crippen molar-refractivity contribution < 1.29 is 9.53 Å². The highest BCUT2D eigenvalue weighted by molar-refractivity contribution is 5.77. The summed E-state index contributed by atoms with van der Waals surface area (Å²) in [6.07, 6.45) is 2.33. The summed E-state index contributed by atoms with van der Waals surface area (Å²) in [4.78, 5) is 14.5. The molecule has 22 heavy (non-hydrogen) atoms. The molecule has 1 aliphatic carbocycles. The number of aryl methyl sites for hydroxylation is 1. The average Bonchev–Trinajstić information content (AvgIpc) is 2.86. The van der Waals surface area contributed by atoms with E-state index in [1.54, 1.807) is 0 Å². The van der Waals surface area contributed by atoms with Crippen molar-refractivity contribution in [2.45, 2.75) is 53.4 Å². The van der Waals surface area contributed by atoms with Crippen LogP contribution in [0.2, 0.25) is 0 Å². The van der Waals surface area contributed by atoms with Crippen LogP contribution in [0.15, 0.2) is 18.2 Å². The lowest BCUT2D eigenvalue weighted by atomic mass is 9.97. The van der Waals surface area contributed by atoms with Crippen LogP contribution in [0.1, 0.15) is 58.1 Å². The predicted octanol–water partition coefficient (Wildman–Crippen LogP) is 4.01. The minimum Gasteiger partial charge on any atom is -0.426 e. The Balaban J connectivity index is 2.14. The van der Waals surface area contributed by atoms with E-state index in [-0.39, 0.29) is 5.97 Å². The maximum atomic E-state index is 12.1. The van der Waals surface area contributed by atoms with Crippen LogP contribution in [-0.2, 0) is 11.2 Å². The molecule has 122 valence electrons. The van der Waals surface area contributed by atoms with Gasteiger partial charge in [0.2, 0.25) is 0 Å². The number of likely N-dealkylation sites (N-methyl/N-ethyl adjacent to an activating group) is 1. The lowest BCUT2D eigenvalue weighted by Crippen LogP contribution is -2.27. The van der Waals surface area contributed by atoms with Gasteiger partial charge in [0.05, 0.1) is 5.41 Å². The molecule has 0 spiro atoms. The maximum Gasteiger partial charge on any atom is 0.316 e. The number of fused-ring (bicyclic) bond motifs is 1. The molecule has 3 heteroatoms. The summed E-state index contributed by atoms with van der Waals surface area (Å²) >= 11 is 0. The number of rotatable bonds is 5. The smallest absolute Gasteiger partial charge is 0.316 e. The molecule has 1 aromatic carbocycles. The van der Waals surface area contributed by atoms with Gasteiger partial charge in [0.25, 0.3) is 0 Å². The molecule has 0 saturated carbocycles. The van der Waals surface area contributed by atoms with Gasteiger partial charge in [-0.25, -0.2) is 0 Å². The van der Waals surface area contributed by atoms with Gasteiger partial charge < -0.3 is 9.64 Å². The van der Waals surface area contributed by atoms with E-state index in [9.17, 15) is 4.79 Å². The largest absolute Gasteiger partial charge is 0.426 e. The van der Waals surface area contributed by atoms with Crippen molar-refractivity contribution >= 4 is 5.97 Å². The third kappa shape index (κ3) is 3.89. The van der Waals surface area contributed by atoms with Crippen molar-refractivity contribution in [2.75, 3.05) is 19.6 Å². The summed E-state index contributed by atoms with van der Waals surface area (Å²) in [5, 5.41) is 0. The monoisotopic (exact) mass is 303 g/mol. The Morgan fingerprint density at radius 3 is 2.55 bits per heavy atom. The average molecular weight is 303 g/mol. The van der Waals surface area contributed by atoms with Crippen molar-refractivity contribution in [1.29, 1.82) is 0 Å². The summed E-state index contributed by atoms with van der Waals surface area (Å²) < 4.78 is 5.56. The summed E-state index contributed by atoms with van der Waals surface area (Å²) in [7, 11) is 0. The summed E-state index contributed by atoms with van der Waals surface area (Å²) in [6.45, 7) is 13.3. The van der Waals surface area contributed by atoms with E-state index in [2.05, 4.69) is 30.9 Å². The van der Waals surface area contributed by atoms with Crippen LogP contribution >= 0.6 is 0 Å². The van der Waals surface area contributed by atoms with Crippen LogP contribution in [0.4, 0.5) is 0 Å². The van der Waals surface area contributed by atoms with Crippen molar-refractivity contribution in [3.05, 3.63) is 29.3 Å². The van der Waals surface area contributed by atoms with E-state index in [4.69, 9.17) is 4.74 Å². The van der Waals surface area contributed by atoms with Gasteiger partial charge in [0.15, 0.2) is 0 Å². The zero-order chi connectivity index (χ0) is 16.3. The Morgan fingerprint density at radius 2 is 1.95 bits per heavy atom. The van der Waals surface area contributed by atoms with Gasteiger partial charge in [-0.05, 0) is 75.9 Å². The van der Waals surface area contributed by atoms with Crippen LogP contribution < -0.4 is 4.74 Å². The molecule has 0 heterocycles. The second kappa shape index (κ2) is 6.82. The van der Waals surface area contributed by atoms with Crippen LogP contribution in [0, 0.1) is 5.41 Å². The first-order valence-electron chi connectivity index (χ1n) is 8.42. The van der Waals surface area contributed by atoms with Gasteiger partial charge in [0.1, 0.15) is 5.75 Å². The van der Waals surface area contributed by atoms with Gasteiger partial charge in [-0.3, -0.25) is 4.79 Å². The minimum absolute atomic E-state index is 0.175. The van der Waals surface area contributed by atoms with Crippen molar-refractivity contribution in [1.82, 2.24) is 4.90 Å². The Bertz CT molecular complexity index is 527. The molecule has 1 aromatic rings. The summed E-state index contributed by atoms with van der Waals surface area (Å²) in [5.74, 6) is 1.07. The number of carbonyl (C=O) groups excluding carboxylic acids is 1. The van der Waals surface area contributed by atoms with E-state index < -0.39 is 5.41 Å². The molecule has 2 rings (SSSR count). The first kappa shape index (κ1) is 17.0. The lowest BCUT2D eigenvalue weighted by Gasteiger charge is -2.23. The number of carbonyl (C=O) groups is 1. The standard InChI is InChI=1S/C19H29NO2/c1-6-20(7-2)13-15-9-8-14-10-11-16(12-17(14)15)22-18(21)19(3,4)5/h10-12,15H,6-9,13H2,1-5H3. The van der Waals surface area contributed by atoms with Gasteiger partial charge in [-0.15, -0.1) is 0 Å².